The topological polar surface area (TPSA) is 95.9 Å². The van der Waals surface area contributed by atoms with Gasteiger partial charge < -0.3 is 15.2 Å². The number of carbonyl (C=O) groups is 1. The molecule has 7 nitrogen and oxygen atoms in total. The molecule has 0 radical (unpaired) electrons. The van der Waals surface area contributed by atoms with Crippen molar-refractivity contribution in [3.8, 4) is 0 Å². The van der Waals surface area contributed by atoms with E-state index in [4.69, 9.17) is 4.74 Å². The number of ether oxygens (including phenoxy) is 1. The molecule has 1 saturated heterocycles. The van der Waals surface area contributed by atoms with Crippen molar-refractivity contribution in [2.75, 3.05) is 31.6 Å². The van der Waals surface area contributed by atoms with Crippen LogP contribution in [0.2, 0.25) is 0 Å². The maximum Gasteiger partial charge on any atom is 0.417 e. The van der Waals surface area contributed by atoms with Gasteiger partial charge in [-0.3, -0.25) is 4.79 Å². The first-order chi connectivity index (χ1) is 12.3. The summed E-state index contributed by atoms with van der Waals surface area (Å²) in [6.07, 6.45) is -6.18. The highest BCUT2D eigenvalue weighted by Gasteiger charge is 2.51. The number of aliphatic hydroxyl groups is 1. The Balaban J connectivity index is 2.21. The molecule has 0 unspecified atom stereocenters. The van der Waals surface area contributed by atoms with Crippen LogP contribution in [0.15, 0.2) is 23.1 Å². The normalized spacial score (nSPS) is 18.7. The van der Waals surface area contributed by atoms with Crippen molar-refractivity contribution in [2.24, 2.45) is 0 Å². The Morgan fingerprint density at radius 3 is 2.44 bits per heavy atom. The molecular weight excluding hydrogens is 389 g/mol. The summed E-state index contributed by atoms with van der Waals surface area (Å²) in [4.78, 5) is 11.8. The molecule has 1 aliphatic rings. The van der Waals surface area contributed by atoms with Crippen LogP contribution in [-0.2, 0) is 19.6 Å². The molecule has 2 rings (SSSR count). The van der Waals surface area contributed by atoms with E-state index in [1.807, 2.05) is 0 Å². The maximum absolute atomic E-state index is 12.8. The van der Waals surface area contributed by atoms with Crippen LogP contribution in [0, 0.1) is 6.92 Å². The Bertz CT molecular complexity index is 803. The first-order valence-electron chi connectivity index (χ1n) is 8.12. The van der Waals surface area contributed by atoms with E-state index in [1.54, 1.807) is 6.92 Å². The highest BCUT2D eigenvalue weighted by molar-refractivity contribution is 7.89. The van der Waals surface area contributed by atoms with Crippen molar-refractivity contribution in [1.29, 1.82) is 0 Å². The van der Waals surface area contributed by atoms with Crippen molar-refractivity contribution >= 4 is 21.6 Å². The van der Waals surface area contributed by atoms with Crippen molar-refractivity contribution in [3.63, 3.8) is 0 Å². The van der Waals surface area contributed by atoms with E-state index in [-0.39, 0.29) is 36.9 Å². The molecule has 1 aromatic rings. The minimum atomic E-state index is -4.97. The average Bonchev–Trinajstić information content (AvgIpc) is 2.55. The first kappa shape index (κ1) is 21.6. The second kappa shape index (κ2) is 7.74. The second-order valence-electron chi connectivity index (χ2n) is 6.49. The van der Waals surface area contributed by atoms with Crippen molar-refractivity contribution in [1.82, 2.24) is 4.31 Å². The van der Waals surface area contributed by atoms with Crippen LogP contribution in [0.25, 0.3) is 0 Å². The Morgan fingerprint density at radius 1 is 1.30 bits per heavy atom. The number of hydrogen-bond acceptors (Lipinski definition) is 5. The molecule has 152 valence electrons. The van der Waals surface area contributed by atoms with Gasteiger partial charge in [-0.15, -0.1) is 0 Å². The molecule has 1 aliphatic heterocycles. The van der Waals surface area contributed by atoms with Gasteiger partial charge in [0, 0.05) is 18.8 Å². The van der Waals surface area contributed by atoms with E-state index < -0.39 is 34.1 Å². The fourth-order valence-corrected chi connectivity index (χ4v) is 4.16. The van der Waals surface area contributed by atoms with Gasteiger partial charge in [-0.25, -0.2) is 8.42 Å². The summed E-state index contributed by atoms with van der Waals surface area (Å²) in [6, 6.07) is 4.03. The van der Waals surface area contributed by atoms with Gasteiger partial charge in [0.15, 0.2) is 5.60 Å². The van der Waals surface area contributed by atoms with Gasteiger partial charge in [0.05, 0.1) is 24.5 Å². The predicted molar refractivity (Wildman–Crippen MR) is 90.7 cm³/mol. The molecule has 1 amide bonds. The number of amides is 1. The molecule has 0 saturated carbocycles. The Morgan fingerprint density at radius 2 is 1.89 bits per heavy atom. The largest absolute Gasteiger partial charge is 0.417 e. The molecule has 27 heavy (non-hydrogen) atoms. The Kier molecular flexibility index (Phi) is 6.19. The summed E-state index contributed by atoms with van der Waals surface area (Å²) in [5, 5.41) is 11.6. The third-order valence-electron chi connectivity index (χ3n) is 4.18. The molecule has 1 fully saturated rings. The minimum absolute atomic E-state index is 0.0235. The number of halogens is 3. The lowest BCUT2D eigenvalue weighted by Crippen LogP contribution is -2.44. The zero-order valence-corrected chi connectivity index (χ0v) is 15.7. The standard InChI is InChI=1S/C16H21F3N2O5S/c1-11-3-4-12(20-14(22)10-15(2,23)16(17,18)19)9-13(11)27(24,25)21-5-7-26-8-6-21/h3-4,9,23H,5-8,10H2,1-2H3,(H,20,22)/t15-/m1/s1. The van der Waals surface area contributed by atoms with Crippen LogP contribution < -0.4 is 5.32 Å². The molecule has 0 aliphatic carbocycles. The molecule has 2 N–H and O–H groups in total. The molecule has 1 atom stereocenters. The number of nitrogens with zero attached hydrogens (tertiary/aromatic N) is 1. The van der Waals surface area contributed by atoms with Gasteiger partial charge in [-0.2, -0.15) is 17.5 Å². The van der Waals surface area contributed by atoms with Crippen LogP contribution >= 0.6 is 0 Å². The maximum atomic E-state index is 12.8. The van der Waals surface area contributed by atoms with Crippen LogP contribution in [-0.4, -0.2) is 61.8 Å². The van der Waals surface area contributed by atoms with Crippen molar-refractivity contribution in [2.45, 2.75) is 36.9 Å². The Labute approximate surface area is 155 Å². The van der Waals surface area contributed by atoms with E-state index in [2.05, 4.69) is 5.32 Å². The SMILES string of the molecule is Cc1ccc(NC(=O)C[C@@](C)(O)C(F)(F)F)cc1S(=O)(=O)N1CCOCC1. The van der Waals surface area contributed by atoms with Gasteiger partial charge in [0.2, 0.25) is 15.9 Å². The number of hydrogen-bond donors (Lipinski definition) is 2. The lowest BCUT2D eigenvalue weighted by molar-refractivity contribution is -0.252. The Hall–Kier alpha value is -1.69. The highest BCUT2D eigenvalue weighted by atomic mass is 32.2. The molecule has 1 aromatic carbocycles. The number of morpholine rings is 1. The summed E-state index contributed by atoms with van der Waals surface area (Å²) < 4.78 is 70.0. The summed E-state index contributed by atoms with van der Waals surface area (Å²) in [5.74, 6) is -1.09. The fraction of sp³-hybridized carbons (Fsp3) is 0.562. The van der Waals surface area contributed by atoms with Crippen LogP contribution in [0.3, 0.4) is 0 Å². The third kappa shape index (κ3) is 4.98. The van der Waals surface area contributed by atoms with Gasteiger partial charge in [0.1, 0.15) is 0 Å². The average molecular weight is 410 g/mol. The van der Waals surface area contributed by atoms with Crippen LogP contribution in [0.1, 0.15) is 18.9 Å². The summed E-state index contributed by atoms with van der Waals surface area (Å²) in [6.45, 7) is 2.98. The molecular formula is C16H21F3N2O5S. The number of rotatable bonds is 5. The number of sulfonamides is 1. The third-order valence-corrected chi connectivity index (χ3v) is 6.22. The quantitative estimate of drug-likeness (QED) is 0.770. The molecule has 11 heteroatoms. The van der Waals surface area contributed by atoms with Gasteiger partial charge in [-0.1, -0.05) is 6.07 Å². The summed E-state index contributed by atoms with van der Waals surface area (Å²) in [5.41, 5.74) is -2.73. The smallest absolute Gasteiger partial charge is 0.380 e. The van der Waals surface area contributed by atoms with E-state index in [0.29, 0.717) is 12.5 Å². The number of benzene rings is 1. The van der Waals surface area contributed by atoms with E-state index in [1.165, 1.54) is 22.5 Å². The number of alkyl halides is 3. The highest BCUT2D eigenvalue weighted by Crippen LogP contribution is 2.33. The van der Waals surface area contributed by atoms with Gasteiger partial charge in [0.25, 0.3) is 0 Å². The lowest BCUT2D eigenvalue weighted by atomic mass is 10.0. The van der Waals surface area contributed by atoms with Crippen LogP contribution in [0.5, 0.6) is 0 Å². The molecule has 0 aromatic heterocycles. The van der Waals surface area contributed by atoms with E-state index >= 15 is 0 Å². The zero-order valence-electron chi connectivity index (χ0n) is 14.8. The number of nitrogens with one attached hydrogen (secondary N) is 1. The fourth-order valence-electron chi connectivity index (χ4n) is 2.50. The molecule has 0 spiro atoms. The molecule has 1 heterocycles. The zero-order chi connectivity index (χ0) is 20.5. The number of aryl methyl sites for hydroxylation is 1. The van der Waals surface area contributed by atoms with E-state index in [9.17, 15) is 31.5 Å². The summed E-state index contributed by atoms with van der Waals surface area (Å²) in [7, 11) is -3.84. The van der Waals surface area contributed by atoms with Crippen LogP contribution in [0.4, 0.5) is 18.9 Å². The predicted octanol–water partition coefficient (Wildman–Crippen LogP) is 1.66. The van der Waals surface area contributed by atoms with Gasteiger partial charge in [-0.05, 0) is 31.5 Å². The second-order valence-corrected chi connectivity index (χ2v) is 8.40. The van der Waals surface area contributed by atoms with Gasteiger partial charge >= 0.3 is 6.18 Å². The minimum Gasteiger partial charge on any atom is -0.380 e. The van der Waals surface area contributed by atoms with E-state index in [0.717, 1.165) is 0 Å². The molecule has 0 bridgehead atoms. The first-order valence-corrected chi connectivity index (χ1v) is 9.56. The van der Waals surface area contributed by atoms with Crippen molar-refractivity contribution < 1.29 is 36.2 Å². The summed E-state index contributed by atoms with van der Waals surface area (Å²) >= 11 is 0. The monoisotopic (exact) mass is 410 g/mol. The van der Waals surface area contributed by atoms with Crippen molar-refractivity contribution in [3.05, 3.63) is 23.8 Å². The number of anilines is 1. The lowest BCUT2D eigenvalue weighted by Gasteiger charge is -2.27. The number of carbonyl (C=O) groups excluding carboxylic acids is 1.